The predicted molar refractivity (Wildman–Crippen MR) is 153 cm³/mol. The molecule has 1 aliphatic rings. The Bertz CT molecular complexity index is 1360. The first-order chi connectivity index (χ1) is 18.3. The summed E-state index contributed by atoms with van der Waals surface area (Å²) < 4.78 is 0. The third-order valence-electron chi connectivity index (χ3n) is 7.59. The lowest BCUT2D eigenvalue weighted by molar-refractivity contribution is -0.161. The van der Waals surface area contributed by atoms with Gasteiger partial charge in [-0.3, -0.25) is 14.6 Å². The Morgan fingerprint density at radius 1 is 1.08 bits per heavy atom. The topological polar surface area (TPSA) is 90.7 Å². The van der Waals surface area contributed by atoms with Gasteiger partial charge < -0.3 is 15.1 Å². The Morgan fingerprint density at radius 2 is 1.74 bits per heavy atom. The molecule has 4 atom stereocenters. The number of carboxylic acid groups (broad SMARTS) is 1. The van der Waals surface area contributed by atoms with Gasteiger partial charge in [0.15, 0.2) is 0 Å². The molecule has 1 saturated heterocycles. The van der Waals surface area contributed by atoms with Crippen LogP contribution in [0.4, 0.5) is 0 Å². The summed E-state index contributed by atoms with van der Waals surface area (Å²) in [5, 5.41) is 21.6. The first-order valence-corrected chi connectivity index (χ1v) is 13.8. The Morgan fingerprint density at radius 3 is 2.33 bits per heavy atom. The van der Waals surface area contributed by atoms with Crippen molar-refractivity contribution in [1.82, 2.24) is 9.88 Å². The highest BCUT2D eigenvalue weighted by Crippen LogP contribution is 2.54. The summed E-state index contributed by atoms with van der Waals surface area (Å²) in [6.45, 7) is 7.05. The number of carbonyl (C=O) groups excluding carboxylic acids is 1. The van der Waals surface area contributed by atoms with Crippen molar-refractivity contribution in [3.05, 3.63) is 99.3 Å². The number of pyridine rings is 1. The molecule has 39 heavy (non-hydrogen) atoms. The third kappa shape index (κ3) is 6.13. The van der Waals surface area contributed by atoms with Crippen molar-refractivity contribution >= 4 is 35.1 Å². The van der Waals surface area contributed by atoms with E-state index in [-0.39, 0.29) is 18.2 Å². The molecule has 0 aliphatic carbocycles. The number of aromatic nitrogens is 1. The average molecular weight is 570 g/mol. The van der Waals surface area contributed by atoms with Crippen LogP contribution in [0.5, 0.6) is 0 Å². The number of nitrogens with zero attached hydrogens (tertiary/aromatic N) is 2. The van der Waals surface area contributed by atoms with Gasteiger partial charge in [0.25, 0.3) is 0 Å². The van der Waals surface area contributed by atoms with Crippen molar-refractivity contribution in [3.63, 3.8) is 0 Å². The minimum Gasteiger partial charge on any atom is -0.481 e. The summed E-state index contributed by atoms with van der Waals surface area (Å²) in [5.74, 6) is -1.53. The molecular formula is C31H34Cl2N2O4. The zero-order valence-electron chi connectivity index (χ0n) is 22.6. The summed E-state index contributed by atoms with van der Waals surface area (Å²) in [6.07, 6.45) is 0.555. The molecule has 0 bridgehead atoms. The van der Waals surface area contributed by atoms with Crippen molar-refractivity contribution < 1.29 is 19.8 Å². The second-order valence-electron chi connectivity index (χ2n) is 11.1. The number of hydrogen-bond acceptors (Lipinski definition) is 4. The van der Waals surface area contributed by atoms with Crippen LogP contribution in [0.2, 0.25) is 10.0 Å². The molecule has 3 aromatic rings. The molecule has 0 radical (unpaired) electrons. The lowest BCUT2D eigenvalue weighted by Gasteiger charge is -2.51. The zero-order chi connectivity index (χ0) is 28.5. The van der Waals surface area contributed by atoms with Crippen molar-refractivity contribution in [1.29, 1.82) is 0 Å². The molecular weight excluding hydrogens is 535 g/mol. The van der Waals surface area contributed by atoms with Gasteiger partial charge in [-0.25, -0.2) is 0 Å². The standard InChI is InChI=1S/C31H34Cl2N2O4/c1-5-25(24-10-7-11-26(34-24)30(2,3)39)35-28(19-12-14-21(32)15-13-19)23(20-8-6-9-22(33)16-20)17-31(4,29(35)38)18-27(36)37/h6-16,23,25,28,39H,5,17-18H2,1-4H3,(H,36,37)/t23-,25-,28?,31-/m1/s1. The number of benzene rings is 2. The van der Waals surface area contributed by atoms with Crippen LogP contribution in [0.1, 0.15) is 87.5 Å². The quantitative estimate of drug-likeness (QED) is 0.297. The Balaban J connectivity index is 1.97. The van der Waals surface area contributed by atoms with Crippen molar-refractivity contribution in [2.24, 2.45) is 5.41 Å². The summed E-state index contributed by atoms with van der Waals surface area (Å²) in [6, 6.07) is 19.5. The Kier molecular flexibility index (Phi) is 8.41. The zero-order valence-corrected chi connectivity index (χ0v) is 24.1. The number of carbonyl (C=O) groups is 2. The van der Waals surface area contributed by atoms with E-state index < -0.39 is 29.1 Å². The highest BCUT2D eigenvalue weighted by molar-refractivity contribution is 6.30. The van der Waals surface area contributed by atoms with E-state index in [9.17, 15) is 19.8 Å². The molecule has 0 saturated carbocycles. The number of piperidine rings is 1. The van der Waals surface area contributed by atoms with Crippen LogP contribution in [0.25, 0.3) is 0 Å². The van der Waals surface area contributed by atoms with E-state index in [0.717, 1.165) is 11.1 Å². The van der Waals surface area contributed by atoms with Gasteiger partial charge in [0, 0.05) is 16.0 Å². The summed E-state index contributed by atoms with van der Waals surface area (Å²) in [4.78, 5) is 33.1. The number of aliphatic hydroxyl groups is 1. The average Bonchev–Trinajstić information content (AvgIpc) is 2.87. The second-order valence-corrected chi connectivity index (χ2v) is 12.0. The van der Waals surface area contributed by atoms with Crippen molar-refractivity contribution in [3.8, 4) is 0 Å². The summed E-state index contributed by atoms with van der Waals surface area (Å²) in [7, 11) is 0. The molecule has 2 heterocycles. The van der Waals surface area contributed by atoms with Gasteiger partial charge in [0.1, 0.15) is 5.60 Å². The number of hydrogen-bond donors (Lipinski definition) is 2. The lowest BCUT2D eigenvalue weighted by Crippen LogP contribution is -2.53. The number of halogens is 2. The minimum atomic E-state index is -1.17. The number of likely N-dealkylation sites (tertiary alicyclic amines) is 1. The number of carboxylic acids is 1. The fraction of sp³-hybridized carbons (Fsp3) is 0.387. The largest absolute Gasteiger partial charge is 0.481 e. The lowest BCUT2D eigenvalue weighted by atomic mass is 9.67. The molecule has 1 aromatic heterocycles. The van der Waals surface area contributed by atoms with Gasteiger partial charge in [-0.05, 0) is 74.2 Å². The van der Waals surface area contributed by atoms with Gasteiger partial charge in [-0.1, -0.05) is 67.4 Å². The number of aliphatic carboxylic acids is 1. The smallest absolute Gasteiger partial charge is 0.304 e. The maximum atomic E-state index is 14.5. The summed E-state index contributed by atoms with van der Waals surface area (Å²) in [5.41, 5.74) is 0.594. The molecule has 0 spiro atoms. The van der Waals surface area contributed by atoms with E-state index in [1.807, 2.05) is 54.3 Å². The van der Waals surface area contributed by atoms with Crippen LogP contribution in [0.3, 0.4) is 0 Å². The monoisotopic (exact) mass is 568 g/mol. The van der Waals surface area contributed by atoms with Gasteiger partial charge >= 0.3 is 5.97 Å². The maximum absolute atomic E-state index is 14.5. The number of rotatable bonds is 8. The highest BCUT2D eigenvalue weighted by atomic mass is 35.5. The van der Waals surface area contributed by atoms with Gasteiger partial charge in [0.05, 0.1) is 35.3 Å². The SMILES string of the molecule is CC[C@H](c1cccc(C(C)(C)O)n1)N1C(=O)[C@@](C)(CC(=O)O)C[C@H](c2cccc(Cl)c2)C1c1ccc(Cl)cc1. The minimum absolute atomic E-state index is 0.245. The highest BCUT2D eigenvalue weighted by Gasteiger charge is 2.52. The van der Waals surface area contributed by atoms with Crippen molar-refractivity contribution in [2.75, 3.05) is 0 Å². The Labute approximate surface area is 239 Å². The molecule has 1 aliphatic heterocycles. The molecule has 1 unspecified atom stereocenters. The van der Waals surface area contributed by atoms with E-state index in [0.29, 0.717) is 34.3 Å². The molecule has 6 nitrogen and oxygen atoms in total. The molecule has 206 valence electrons. The fourth-order valence-electron chi connectivity index (χ4n) is 5.75. The van der Waals surface area contributed by atoms with Crippen LogP contribution in [0.15, 0.2) is 66.7 Å². The van der Waals surface area contributed by atoms with E-state index in [1.54, 1.807) is 45.0 Å². The third-order valence-corrected chi connectivity index (χ3v) is 8.08. The first kappa shape index (κ1) is 29.1. The molecule has 8 heteroatoms. The molecule has 2 N–H and O–H groups in total. The van der Waals surface area contributed by atoms with Gasteiger partial charge in [-0.2, -0.15) is 0 Å². The van der Waals surface area contributed by atoms with Gasteiger partial charge in [0.2, 0.25) is 5.91 Å². The Hall–Kier alpha value is -2.93. The molecule has 1 fully saturated rings. The normalized spacial score (nSPS) is 22.5. The molecule has 2 aromatic carbocycles. The second kappa shape index (κ2) is 11.3. The van der Waals surface area contributed by atoms with E-state index >= 15 is 0 Å². The van der Waals surface area contributed by atoms with Crippen molar-refractivity contribution in [2.45, 2.75) is 70.6 Å². The van der Waals surface area contributed by atoms with Crippen LogP contribution in [0, 0.1) is 5.41 Å². The summed E-state index contributed by atoms with van der Waals surface area (Å²) >= 11 is 12.7. The number of amides is 1. The van der Waals surface area contributed by atoms with Crippen LogP contribution in [-0.4, -0.2) is 32.0 Å². The van der Waals surface area contributed by atoms with Crippen LogP contribution in [-0.2, 0) is 15.2 Å². The fourth-order valence-corrected chi connectivity index (χ4v) is 6.07. The van der Waals surface area contributed by atoms with E-state index in [2.05, 4.69) is 0 Å². The van der Waals surface area contributed by atoms with E-state index in [1.165, 1.54) is 0 Å². The first-order valence-electron chi connectivity index (χ1n) is 13.1. The molecule has 1 amide bonds. The maximum Gasteiger partial charge on any atom is 0.304 e. The van der Waals surface area contributed by atoms with Gasteiger partial charge in [-0.15, -0.1) is 0 Å². The van der Waals surface area contributed by atoms with Crippen LogP contribution < -0.4 is 0 Å². The molecule has 4 rings (SSSR count). The predicted octanol–water partition coefficient (Wildman–Crippen LogP) is 7.31. The van der Waals surface area contributed by atoms with Crippen LogP contribution >= 0.6 is 23.2 Å². The van der Waals surface area contributed by atoms with E-state index in [4.69, 9.17) is 28.2 Å².